The molecule has 0 radical (unpaired) electrons. The smallest absolute Gasteiger partial charge is 0.279 e. The summed E-state index contributed by atoms with van der Waals surface area (Å²) in [6, 6.07) is 9.73. The number of aryl methyl sites for hydroxylation is 1. The number of hydrogen-bond donors (Lipinski definition) is 1. The lowest BCUT2D eigenvalue weighted by molar-refractivity contribution is -0.395. The minimum atomic E-state index is -0.752. The highest BCUT2D eigenvalue weighted by Crippen LogP contribution is 2.30. The van der Waals surface area contributed by atoms with E-state index in [1.807, 2.05) is 31.2 Å². The van der Waals surface area contributed by atoms with Crippen molar-refractivity contribution in [2.24, 2.45) is 0 Å². The molecule has 0 spiro atoms. The van der Waals surface area contributed by atoms with Gasteiger partial charge in [0.2, 0.25) is 0 Å². The van der Waals surface area contributed by atoms with Crippen molar-refractivity contribution < 1.29 is 14.6 Å². The largest absolute Gasteiger partial charge is 0.298 e. The molecule has 0 aliphatic carbocycles. The molecule has 3 aromatic rings. The van der Waals surface area contributed by atoms with Gasteiger partial charge >= 0.3 is 0 Å². The lowest BCUT2D eigenvalue weighted by Gasteiger charge is -2.05. The number of anilines is 1. The Bertz CT molecular complexity index is 1060. The Kier molecular flexibility index (Phi) is 5.14. The molecule has 0 saturated heterocycles. The van der Waals surface area contributed by atoms with Crippen LogP contribution in [0.25, 0.3) is 11.3 Å². The Balaban J connectivity index is 1.88. The quantitative estimate of drug-likeness (QED) is 0.498. The van der Waals surface area contributed by atoms with E-state index in [-0.39, 0.29) is 16.3 Å². The van der Waals surface area contributed by atoms with Gasteiger partial charge in [-0.3, -0.25) is 30.3 Å². The second kappa shape index (κ2) is 7.53. The van der Waals surface area contributed by atoms with Crippen LogP contribution in [0.15, 0.2) is 41.8 Å². The third-order valence-corrected chi connectivity index (χ3v) is 4.84. The first-order chi connectivity index (χ1) is 13.3. The summed E-state index contributed by atoms with van der Waals surface area (Å²) < 4.78 is 0. The van der Waals surface area contributed by atoms with Crippen molar-refractivity contribution in [3.8, 4) is 11.3 Å². The molecule has 9 nitrogen and oxygen atoms in total. The number of thiazole rings is 1. The van der Waals surface area contributed by atoms with Gasteiger partial charge in [0.15, 0.2) is 5.13 Å². The third-order valence-electron chi connectivity index (χ3n) is 4.08. The van der Waals surface area contributed by atoms with Gasteiger partial charge in [-0.25, -0.2) is 4.98 Å². The Morgan fingerprint density at radius 2 is 1.61 bits per heavy atom. The second-order valence-electron chi connectivity index (χ2n) is 6.01. The number of nitrogens with one attached hydrogen (secondary N) is 1. The molecular formula is C18H14N4O5S. The first-order valence-corrected chi connectivity index (χ1v) is 8.91. The Morgan fingerprint density at radius 1 is 1.04 bits per heavy atom. The van der Waals surface area contributed by atoms with E-state index in [1.165, 1.54) is 18.3 Å². The average Bonchev–Trinajstić information content (AvgIpc) is 3.10. The summed E-state index contributed by atoms with van der Waals surface area (Å²) in [6.45, 7) is 3.24. The molecule has 142 valence electrons. The van der Waals surface area contributed by atoms with E-state index in [2.05, 4.69) is 10.3 Å². The highest BCUT2D eigenvalue weighted by molar-refractivity contribution is 7.14. The molecule has 10 heteroatoms. The van der Waals surface area contributed by atoms with Crippen molar-refractivity contribution >= 4 is 33.8 Å². The molecule has 1 amide bonds. The Labute approximate surface area is 163 Å². The number of nitro benzene ring substituents is 2. The molecule has 28 heavy (non-hydrogen) atoms. The number of amides is 1. The first-order valence-electron chi connectivity index (χ1n) is 8.03. The molecule has 3 rings (SSSR count). The molecule has 1 N–H and O–H groups in total. The number of benzene rings is 2. The van der Waals surface area contributed by atoms with Crippen molar-refractivity contribution in [2.45, 2.75) is 13.8 Å². The molecule has 0 bridgehead atoms. The van der Waals surface area contributed by atoms with Gasteiger partial charge in [0.25, 0.3) is 17.3 Å². The minimum absolute atomic E-state index is 0.109. The van der Waals surface area contributed by atoms with Gasteiger partial charge in [-0.05, 0) is 13.8 Å². The van der Waals surface area contributed by atoms with E-state index < -0.39 is 27.1 Å². The Hall–Kier alpha value is -3.66. The molecular weight excluding hydrogens is 384 g/mol. The van der Waals surface area contributed by atoms with E-state index in [0.29, 0.717) is 5.69 Å². The fourth-order valence-corrected chi connectivity index (χ4v) is 3.27. The summed E-state index contributed by atoms with van der Waals surface area (Å²) >= 11 is 1.18. The standard InChI is InChI=1S/C18H14N4O5S/c1-10-3-5-12(6-4-10)14-9-28-18(19-14)20-17(23)13-7-15(21(24)25)11(2)16(8-13)22(26)27/h3-9H,1-2H3,(H,19,20,23). The van der Waals surface area contributed by atoms with E-state index in [1.54, 1.807) is 5.38 Å². The number of nitrogens with zero attached hydrogens (tertiary/aromatic N) is 3. The summed E-state index contributed by atoms with van der Waals surface area (Å²) in [7, 11) is 0. The van der Waals surface area contributed by atoms with Crippen LogP contribution in [0.4, 0.5) is 16.5 Å². The second-order valence-corrected chi connectivity index (χ2v) is 6.87. The van der Waals surface area contributed by atoms with Crippen LogP contribution in [0, 0.1) is 34.1 Å². The van der Waals surface area contributed by atoms with Gasteiger partial charge in [0.1, 0.15) is 5.56 Å². The number of hydrogen-bond acceptors (Lipinski definition) is 7. The summed E-state index contributed by atoms with van der Waals surface area (Å²) in [4.78, 5) is 37.6. The van der Waals surface area contributed by atoms with Crippen molar-refractivity contribution in [3.05, 3.63) is 78.7 Å². The van der Waals surface area contributed by atoms with Crippen LogP contribution in [0.1, 0.15) is 21.5 Å². The number of carbonyl (C=O) groups is 1. The normalized spacial score (nSPS) is 10.5. The van der Waals surface area contributed by atoms with E-state index in [9.17, 15) is 25.0 Å². The Morgan fingerprint density at radius 3 is 2.14 bits per heavy atom. The molecule has 0 atom stereocenters. The first kappa shape index (κ1) is 19.1. The molecule has 0 fully saturated rings. The lowest BCUT2D eigenvalue weighted by Crippen LogP contribution is -2.13. The lowest BCUT2D eigenvalue weighted by atomic mass is 10.1. The molecule has 1 aromatic heterocycles. The number of nitro groups is 2. The van der Waals surface area contributed by atoms with Gasteiger partial charge in [-0.2, -0.15) is 0 Å². The molecule has 0 saturated carbocycles. The van der Waals surface area contributed by atoms with Gasteiger partial charge in [0, 0.05) is 23.1 Å². The van der Waals surface area contributed by atoms with Crippen LogP contribution in [0.3, 0.4) is 0 Å². The topological polar surface area (TPSA) is 128 Å². The highest BCUT2D eigenvalue weighted by Gasteiger charge is 2.25. The third kappa shape index (κ3) is 3.86. The van der Waals surface area contributed by atoms with Crippen LogP contribution in [-0.4, -0.2) is 20.7 Å². The van der Waals surface area contributed by atoms with Gasteiger partial charge in [-0.15, -0.1) is 11.3 Å². The van der Waals surface area contributed by atoms with E-state index in [0.717, 1.165) is 23.3 Å². The molecule has 0 aliphatic rings. The summed E-state index contributed by atoms with van der Waals surface area (Å²) in [6.07, 6.45) is 0. The molecule has 2 aromatic carbocycles. The van der Waals surface area contributed by atoms with Gasteiger partial charge in [-0.1, -0.05) is 29.8 Å². The van der Waals surface area contributed by atoms with Crippen LogP contribution in [0.5, 0.6) is 0 Å². The zero-order valence-corrected chi connectivity index (χ0v) is 15.6. The monoisotopic (exact) mass is 398 g/mol. The van der Waals surface area contributed by atoms with E-state index >= 15 is 0 Å². The number of rotatable bonds is 5. The number of carbonyl (C=O) groups excluding carboxylic acids is 1. The van der Waals surface area contributed by atoms with Gasteiger partial charge in [0.05, 0.1) is 21.1 Å². The molecule has 1 heterocycles. The predicted octanol–water partition coefficient (Wildman–Crippen LogP) is 4.50. The van der Waals surface area contributed by atoms with Crippen LogP contribution in [0.2, 0.25) is 0 Å². The van der Waals surface area contributed by atoms with Crippen LogP contribution < -0.4 is 5.32 Å². The maximum absolute atomic E-state index is 12.5. The maximum atomic E-state index is 12.5. The zero-order chi connectivity index (χ0) is 20.4. The zero-order valence-electron chi connectivity index (χ0n) is 14.8. The summed E-state index contributed by atoms with van der Waals surface area (Å²) in [5.41, 5.74) is 1.39. The van der Waals surface area contributed by atoms with Crippen molar-refractivity contribution in [1.82, 2.24) is 4.98 Å². The molecule has 0 aliphatic heterocycles. The van der Waals surface area contributed by atoms with Crippen molar-refractivity contribution in [2.75, 3.05) is 5.32 Å². The minimum Gasteiger partial charge on any atom is -0.298 e. The van der Waals surface area contributed by atoms with Gasteiger partial charge < -0.3 is 0 Å². The fraction of sp³-hybridized carbons (Fsp3) is 0.111. The highest BCUT2D eigenvalue weighted by atomic mass is 32.1. The fourth-order valence-electron chi connectivity index (χ4n) is 2.55. The van der Waals surface area contributed by atoms with Crippen molar-refractivity contribution in [1.29, 1.82) is 0 Å². The summed E-state index contributed by atoms with van der Waals surface area (Å²) in [5.74, 6) is -0.712. The summed E-state index contributed by atoms with van der Waals surface area (Å²) in [5, 5.41) is 26.9. The predicted molar refractivity (Wildman–Crippen MR) is 105 cm³/mol. The average molecular weight is 398 g/mol. The number of aromatic nitrogens is 1. The maximum Gasteiger partial charge on any atom is 0.279 e. The molecule has 0 unspecified atom stereocenters. The van der Waals surface area contributed by atoms with Crippen LogP contribution >= 0.6 is 11.3 Å². The van der Waals surface area contributed by atoms with Crippen molar-refractivity contribution in [3.63, 3.8) is 0 Å². The SMILES string of the molecule is Cc1ccc(-c2csc(NC(=O)c3cc([N+](=O)[O-])c(C)c([N+](=O)[O-])c3)n2)cc1. The van der Waals surface area contributed by atoms with Crippen LogP contribution in [-0.2, 0) is 0 Å². The van der Waals surface area contributed by atoms with E-state index in [4.69, 9.17) is 0 Å².